The number of aryl methyl sites for hydroxylation is 2. The second-order valence-corrected chi connectivity index (χ2v) is 16.6. The number of carbonyl (C=O) groups excluding carboxylic acids is 6. The molecule has 1 aromatic rings. The van der Waals surface area contributed by atoms with Crippen LogP contribution >= 0.6 is 0 Å². The summed E-state index contributed by atoms with van der Waals surface area (Å²) in [5.74, 6) is -3.19. The summed E-state index contributed by atoms with van der Waals surface area (Å²) in [5.41, 5.74) is 16.7. The summed E-state index contributed by atoms with van der Waals surface area (Å²) in [6.07, 6.45) is 11.8. The number of nitrogens with two attached hydrogens (primary N) is 3. The molecule has 0 radical (unpaired) electrons. The van der Waals surface area contributed by atoms with Gasteiger partial charge in [0.15, 0.2) is 5.96 Å². The highest BCUT2D eigenvalue weighted by Gasteiger charge is 2.39. The molecule has 2 aliphatic heterocycles. The SMILES string of the molecule is CC(C)(C)C(NC(=O)C(CCCN=C(N)N)NC(=O)C1CCCn2cc(nn2)CCCCCC(=O)N2CCCC2C(=O)NC(C2CCCCC2)C(=O)N1)C(N)=O. The third-order valence-corrected chi connectivity index (χ3v) is 11.0. The van der Waals surface area contributed by atoms with E-state index in [4.69, 9.17) is 17.2 Å². The first kappa shape index (κ1) is 44.0. The highest BCUT2D eigenvalue weighted by atomic mass is 16.2. The van der Waals surface area contributed by atoms with Crippen LogP contribution in [-0.4, -0.2) is 105 Å². The number of rotatable bonds is 10. The van der Waals surface area contributed by atoms with E-state index in [-0.39, 0.29) is 43.1 Å². The Morgan fingerprint density at radius 3 is 2.27 bits per heavy atom. The molecule has 2 fully saturated rings. The van der Waals surface area contributed by atoms with Crippen molar-refractivity contribution in [2.24, 2.45) is 33.5 Å². The van der Waals surface area contributed by atoms with Crippen LogP contribution < -0.4 is 38.5 Å². The first-order valence-electron chi connectivity index (χ1n) is 20.4. The number of fused-ring (bicyclic) bond motifs is 3. The second-order valence-electron chi connectivity index (χ2n) is 16.6. The molecule has 3 aliphatic rings. The van der Waals surface area contributed by atoms with Crippen LogP contribution in [0.4, 0.5) is 0 Å². The summed E-state index contributed by atoms with van der Waals surface area (Å²) in [7, 11) is 0. The molecule has 0 aromatic carbocycles. The van der Waals surface area contributed by atoms with Crippen molar-refractivity contribution in [2.45, 2.75) is 160 Å². The lowest BCUT2D eigenvalue weighted by atomic mass is 9.83. The Balaban J connectivity index is 1.62. The van der Waals surface area contributed by atoms with Crippen molar-refractivity contribution in [1.29, 1.82) is 0 Å². The fourth-order valence-corrected chi connectivity index (χ4v) is 7.91. The molecule has 0 spiro atoms. The van der Waals surface area contributed by atoms with E-state index >= 15 is 0 Å². The minimum absolute atomic E-state index is 0.0695. The number of aromatic nitrogens is 3. The highest BCUT2D eigenvalue weighted by molar-refractivity contribution is 5.96. The summed E-state index contributed by atoms with van der Waals surface area (Å²) < 4.78 is 1.70. The zero-order chi connectivity index (χ0) is 40.8. The molecule has 1 saturated carbocycles. The van der Waals surface area contributed by atoms with E-state index in [9.17, 15) is 28.8 Å². The van der Waals surface area contributed by atoms with Gasteiger partial charge in [-0.25, -0.2) is 0 Å². The maximum atomic E-state index is 14.4. The molecule has 2 bridgehead atoms. The number of primary amides is 1. The van der Waals surface area contributed by atoms with Crippen molar-refractivity contribution in [3.05, 3.63) is 11.9 Å². The lowest BCUT2D eigenvalue weighted by Crippen LogP contribution is -2.61. The molecule has 3 heterocycles. The monoisotopic (exact) mass is 785 g/mol. The van der Waals surface area contributed by atoms with E-state index in [0.29, 0.717) is 58.0 Å². The summed E-state index contributed by atoms with van der Waals surface area (Å²) in [4.78, 5) is 87.5. The molecule has 312 valence electrons. The second kappa shape index (κ2) is 20.9. The fourth-order valence-electron chi connectivity index (χ4n) is 7.91. The van der Waals surface area contributed by atoms with E-state index in [1.54, 1.807) is 30.4 Å². The first-order chi connectivity index (χ1) is 26.6. The Labute approximate surface area is 329 Å². The minimum atomic E-state index is -1.13. The van der Waals surface area contributed by atoms with Crippen molar-refractivity contribution in [3.63, 3.8) is 0 Å². The van der Waals surface area contributed by atoms with Gasteiger partial charge >= 0.3 is 0 Å². The summed E-state index contributed by atoms with van der Waals surface area (Å²) >= 11 is 0. The van der Waals surface area contributed by atoms with Gasteiger partial charge in [-0.05, 0) is 82.0 Å². The lowest BCUT2D eigenvalue weighted by molar-refractivity contribution is -0.140. The van der Waals surface area contributed by atoms with Crippen LogP contribution in [0.3, 0.4) is 0 Å². The number of nitrogens with one attached hydrogen (secondary N) is 4. The van der Waals surface area contributed by atoms with E-state index in [1.807, 2.05) is 6.20 Å². The Bertz CT molecular complexity index is 1550. The van der Waals surface area contributed by atoms with Crippen LogP contribution in [0.1, 0.15) is 123 Å². The van der Waals surface area contributed by atoms with E-state index < -0.39 is 59.3 Å². The highest BCUT2D eigenvalue weighted by Crippen LogP contribution is 2.28. The van der Waals surface area contributed by atoms with Gasteiger partial charge in [0, 0.05) is 32.3 Å². The van der Waals surface area contributed by atoms with Crippen molar-refractivity contribution >= 4 is 41.4 Å². The standard InChI is InChI=1S/C38H64N12O6/c1-38(2,3)31(32(39)52)46-34(54)26(16-10-20-42-37(40)41)43-33(53)27-17-11-21-49-23-25(47-48-49)15-8-5-9-19-29(51)50-22-12-18-28(50)35(55)45-30(36(56)44-27)24-13-6-4-7-14-24/h23-24,26-28,30-31H,4-22H2,1-3H3,(H2,39,52)(H,43,53)(H,44,56)(H,45,55)(H,46,54)(H4,40,41,42). The van der Waals surface area contributed by atoms with Gasteiger partial charge in [-0.3, -0.25) is 38.4 Å². The smallest absolute Gasteiger partial charge is 0.243 e. The molecule has 5 atom stereocenters. The first-order valence-corrected chi connectivity index (χ1v) is 20.4. The Morgan fingerprint density at radius 2 is 1.57 bits per heavy atom. The normalized spacial score (nSPS) is 23.4. The molecule has 18 nitrogen and oxygen atoms in total. The molecule has 1 saturated heterocycles. The Kier molecular flexibility index (Phi) is 16.4. The Morgan fingerprint density at radius 1 is 0.875 bits per heavy atom. The predicted molar refractivity (Wildman–Crippen MR) is 209 cm³/mol. The quantitative estimate of drug-likeness (QED) is 0.0967. The molecule has 4 rings (SSSR count). The molecule has 1 aliphatic carbocycles. The molecular weight excluding hydrogens is 720 g/mol. The maximum absolute atomic E-state index is 14.4. The number of aliphatic imine (C=N–C) groups is 1. The minimum Gasteiger partial charge on any atom is -0.370 e. The largest absolute Gasteiger partial charge is 0.370 e. The molecule has 6 amide bonds. The van der Waals surface area contributed by atoms with Crippen LogP contribution in [0.15, 0.2) is 11.2 Å². The molecule has 18 heteroatoms. The fraction of sp³-hybridized carbons (Fsp3) is 0.763. The van der Waals surface area contributed by atoms with Crippen LogP contribution in [-0.2, 0) is 41.7 Å². The van der Waals surface area contributed by atoms with Crippen LogP contribution in [0.5, 0.6) is 0 Å². The van der Waals surface area contributed by atoms with Gasteiger partial charge in [0.1, 0.15) is 30.2 Å². The molecule has 5 unspecified atom stereocenters. The Hall–Kier alpha value is -4.77. The third-order valence-electron chi connectivity index (χ3n) is 11.0. The zero-order valence-electron chi connectivity index (χ0n) is 33.4. The summed E-state index contributed by atoms with van der Waals surface area (Å²) in [6.45, 7) is 6.37. The molecule has 1 aromatic heterocycles. The van der Waals surface area contributed by atoms with Gasteiger partial charge < -0.3 is 43.4 Å². The van der Waals surface area contributed by atoms with Crippen molar-refractivity contribution in [1.82, 2.24) is 41.2 Å². The maximum Gasteiger partial charge on any atom is 0.243 e. The van der Waals surface area contributed by atoms with Crippen molar-refractivity contribution < 1.29 is 28.8 Å². The van der Waals surface area contributed by atoms with Crippen LogP contribution in [0, 0.1) is 11.3 Å². The van der Waals surface area contributed by atoms with Gasteiger partial charge in [0.25, 0.3) is 0 Å². The van der Waals surface area contributed by atoms with Gasteiger partial charge in [0.05, 0.1) is 5.69 Å². The summed E-state index contributed by atoms with van der Waals surface area (Å²) in [6, 6.07) is -4.87. The number of hydrogen-bond acceptors (Lipinski definition) is 9. The lowest BCUT2D eigenvalue weighted by Gasteiger charge is -2.33. The van der Waals surface area contributed by atoms with Crippen molar-refractivity contribution in [3.8, 4) is 0 Å². The van der Waals surface area contributed by atoms with E-state index in [2.05, 4.69) is 36.6 Å². The summed E-state index contributed by atoms with van der Waals surface area (Å²) in [5, 5.41) is 20.0. The van der Waals surface area contributed by atoms with Gasteiger partial charge in [0.2, 0.25) is 35.4 Å². The number of nitrogens with zero attached hydrogens (tertiary/aromatic N) is 5. The average Bonchev–Trinajstić information content (AvgIpc) is 3.83. The topological polar surface area (TPSA) is 275 Å². The molecular formula is C38H64N12O6. The third kappa shape index (κ3) is 13.2. The average molecular weight is 785 g/mol. The van der Waals surface area contributed by atoms with Gasteiger partial charge in [-0.1, -0.05) is 51.7 Å². The van der Waals surface area contributed by atoms with Gasteiger partial charge in [-0.2, -0.15) is 0 Å². The molecule has 10 N–H and O–H groups in total. The molecule has 56 heavy (non-hydrogen) atoms. The van der Waals surface area contributed by atoms with Gasteiger partial charge in [-0.15, -0.1) is 5.10 Å². The van der Waals surface area contributed by atoms with E-state index in [1.165, 1.54) is 0 Å². The van der Waals surface area contributed by atoms with Crippen molar-refractivity contribution in [2.75, 3.05) is 13.1 Å². The zero-order valence-corrected chi connectivity index (χ0v) is 33.4. The number of guanidine groups is 1. The number of hydrogen-bond donors (Lipinski definition) is 7. The predicted octanol–water partition coefficient (Wildman–Crippen LogP) is 0.270. The number of amides is 6. The van der Waals surface area contributed by atoms with E-state index in [0.717, 1.165) is 50.6 Å². The van der Waals surface area contributed by atoms with Crippen LogP contribution in [0.25, 0.3) is 0 Å². The number of carbonyl (C=O) groups is 6. The van der Waals surface area contributed by atoms with Crippen LogP contribution in [0.2, 0.25) is 0 Å².